The van der Waals surface area contributed by atoms with Crippen LogP contribution in [-0.4, -0.2) is 4.89 Å². The number of benzene rings is 1. The lowest BCUT2D eigenvalue weighted by atomic mass is 10.2. The average molecular weight is 203 g/mol. The number of hydrogen-bond acceptors (Lipinski definition) is 1. The zero-order valence-corrected chi connectivity index (χ0v) is 7.95. The molecule has 0 saturated carbocycles. The van der Waals surface area contributed by atoms with Crippen molar-refractivity contribution in [1.29, 1.82) is 0 Å². The van der Waals surface area contributed by atoms with E-state index in [-0.39, 0.29) is 4.77 Å². The highest BCUT2D eigenvalue weighted by Crippen LogP contribution is 2.32. The van der Waals surface area contributed by atoms with Crippen molar-refractivity contribution in [2.24, 2.45) is 0 Å². The van der Waals surface area contributed by atoms with E-state index < -0.39 is 8.03 Å². The molecule has 1 aromatic rings. The SMILES string of the molecule is O=[PH](O)C(Cl)=Cc1ccccc1. The van der Waals surface area contributed by atoms with Gasteiger partial charge in [0.25, 0.3) is 0 Å². The van der Waals surface area contributed by atoms with E-state index >= 15 is 0 Å². The Morgan fingerprint density at radius 1 is 1.42 bits per heavy atom. The molecular formula is C8H8ClO2P. The summed E-state index contributed by atoms with van der Waals surface area (Å²) in [6, 6.07) is 9.17. The highest BCUT2D eigenvalue weighted by atomic mass is 35.5. The Hall–Kier alpha value is -0.560. The first kappa shape index (κ1) is 9.53. The fourth-order valence-corrected chi connectivity index (χ4v) is 1.17. The molecular weight excluding hydrogens is 195 g/mol. The van der Waals surface area contributed by atoms with Crippen molar-refractivity contribution < 1.29 is 9.46 Å². The normalized spacial score (nSPS) is 14.3. The van der Waals surface area contributed by atoms with Crippen LogP contribution in [-0.2, 0) is 4.57 Å². The smallest absolute Gasteiger partial charge is 0.229 e. The standard InChI is InChI=1S/C8H8ClO2P/c9-8(12(10)11)6-7-4-2-1-3-5-7/h1-6,12H,(H,10,11). The van der Waals surface area contributed by atoms with Crippen LogP contribution in [0, 0.1) is 0 Å². The fraction of sp³-hybridized carbons (Fsp3) is 0. The van der Waals surface area contributed by atoms with E-state index in [4.69, 9.17) is 16.5 Å². The van der Waals surface area contributed by atoms with Gasteiger partial charge in [0.2, 0.25) is 8.03 Å². The minimum absolute atomic E-state index is 0.00574. The lowest BCUT2D eigenvalue weighted by molar-refractivity contribution is 0.512. The third kappa shape index (κ3) is 2.82. The highest BCUT2D eigenvalue weighted by Gasteiger charge is 1.97. The summed E-state index contributed by atoms with van der Waals surface area (Å²) in [5.74, 6) is 0. The van der Waals surface area contributed by atoms with Gasteiger partial charge >= 0.3 is 0 Å². The molecule has 1 aromatic carbocycles. The second-order valence-electron chi connectivity index (χ2n) is 2.21. The molecule has 0 aliphatic heterocycles. The molecule has 1 unspecified atom stereocenters. The van der Waals surface area contributed by atoms with E-state index in [2.05, 4.69) is 0 Å². The summed E-state index contributed by atoms with van der Waals surface area (Å²) >= 11 is 5.49. The quantitative estimate of drug-likeness (QED) is 0.749. The van der Waals surface area contributed by atoms with Crippen molar-refractivity contribution in [3.8, 4) is 0 Å². The summed E-state index contributed by atoms with van der Waals surface area (Å²) in [5.41, 5.74) is 0.829. The molecule has 1 N–H and O–H groups in total. The molecule has 0 saturated heterocycles. The maximum atomic E-state index is 10.5. The maximum absolute atomic E-state index is 10.5. The summed E-state index contributed by atoms with van der Waals surface area (Å²) in [7, 11) is -2.73. The van der Waals surface area contributed by atoms with Gasteiger partial charge in [0.15, 0.2) is 0 Å². The molecule has 0 amide bonds. The average Bonchev–Trinajstić information content (AvgIpc) is 2.06. The molecule has 1 rings (SSSR count). The highest BCUT2D eigenvalue weighted by molar-refractivity contribution is 7.46. The minimum atomic E-state index is -2.73. The molecule has 0 spiro atoms. The van der Waals surface area contributed by atoms with Crippen LogP contribution in [0.25, 0.3) is 6.08 Å². The number of halogens is 1. The first-order valence-corrected chi connectivity index (χ1v) is 5.09. The molecule has 1 atom stereocenters. The topological polar surface area (TPSA) is 37.3 Å². The van der Waals surface area contributed by atoms with E-state index in [0.29, 0.717) is 0 Å². The Morgan fingerprint density at radius 2 is 2.00 bits per heavy atom. The van der Waals surface area contributed by atoms with Crippen LogP contribution in [0.4, 0.5) is 0 Å². The Bertz CT molecular complexity index is 308. The summed E-state index contributed by atoms with van der Waals surface area (Å²) < 4.78 is 10.5. The van der Waals surface area contributed by atoms with Crippen molar-refractivity contribution in [2.45, 2.75) is 0 Å². The van der Waals surface area contributed by atoms with Crippen LogP contribution in [0.3, 0.4) is 0 Å². The third-order valence-electron chi connectivity index (χ3n) is 1.30. The lowest BCUT2D eigenvalue weighted by Gasteiger charge is -1.93. The Kier molecular flexibility index (Phi) is 3.54. The number of rotatable bonds is 2. The van der Waals surface area contributed by atoms with Crippen LogP contribution in [0.5, 0.6) is 0 Å². The Labute approximate surface area is 76.4 Å². The van der Waals surface area contributed by atoms with Gasteiger partial charge in [-0.25, -0.2) is 0 Å². The van der Waals surface area contributed by atoms with E-state index in [1.807, 2.05) is 30.3 Å². The molecule has 0 aromatic heterocycles. The lowest BCUT2D eigenvalue weighted by Crippen LogP contribution is -1.69. The van der Waals surface area contributed by atoms with Gasteiger partial charge in [0, 0.05) is 0 Å². The van der Waals surface area contributed by atoms with Gasteiger partial charge in [-0.1, -0.05) is 41.9 Å². The van der Waals surface area contributed by atoms with Gasteiger partial charge in [-0.2, -0.15) is 0 Å². The van der Waals surface area contributed by atoms with Crippen molar-refractivity contribution in [3.63, 3.8) is 0 Å². The molecule has 0 aliphatic rings. The van der Waals surface area contributed by atoms with Crippen molar-refractivity contribution in [2.75, 3.05) is 0 Å². The molecule has 0 aliphatic carbocycles. The monoisotopic (exact) mass is 202 g/mol. The Morgan fingerprint density at radius 3 is 2.50 bits per heavy atom. The molecule has 12 heavy (non-hydrogen) atoms. The second kappa shape index (κ2) is 4.46. The third-order valence-corrected chi connectivity index (χ3v) is 2.44. The van der Waals surface area contributed by atoms with Crippen LogP contribution >= 0.6 is 19.6 Å². The van der Waals surface area contributed by atoms with Crippen molar-refractivity contribution in [3.05, 3.63) is 40.7 Å². The van der Waals surface area contributed by atoms with Crippen LogP contribution in [0.1, 0.15) is 5.56 Å². The zero-order valence-electron chi connectivity index (χ0n) is 6.20. The van der Waals surface area contributed by atoms with Gasteiger partial charge in [-0.05, 0) is 11.6 Å². The van der Waals surface area contributed by atoms with E-state index in [0.717, 1.165) is 5.56 Å². The molecule has 0 bridgehead atoms. The van der Waals surface area contributed by atoms with Crippen molar-refractivity contribution in [1.82, 2.24) is 0 Å². The first-order chi connectivity index (χ1) is 5.70. The second-order valence-corrected chi connectivity index (χ2v) is 4.08. The summed E-state index contributed by atoms with van der Waals surface area (Å²) in [5, 5.41) is 0. The summed E-state index contributed by atoms with van der Waals surface area (Å²) in [4.78, 5) is 8.63. The maximum Gasteiger partial charge on any atom is 0.229 e. The summed E-state index contributed by atoms with van der Waals surface area (Å²) in [6.45, 7) is 0. The fourth-order valence-electron chi connectivity index (χ4n) is 0.757. The Balaban J connectivity index is 2.89. The molecule has 0 heterocycles. The van der Waals surface area contributed by atoms with Gasteiger partial charge in [-0.3, -0.25) is 4.57 Å². The largest absolute Gasteiger partial charge is 0.343 e. The molecule has 64 valence electrons. The molecule has 0 radical (unpaired) electrons. The molecule has 4 heteroatoms. The van der Waals surface area contributed by atoms with Gasteiger partial charge in [0.1, 0.15) is 4.77 Å². The van der Waals surface area contributed by atoms with Crippen LogP contribution < -0.4 is 0 Å². The molecule has 2 nitrogen and oxygen atoms in total. The van der Waals surface area contributed by atoms with Gasteiger partial charge in [-0.15, -0.1) is 0 Å². The van der Waals surface area contributed by atoms with Gasteiger partial charge in [0.05, 0.1) is 0 Å². The van der Waals surface area contributed by atoms with Crippen LogP contribution in [0.2, 0.25) is 0 Å². The minimum Gasteiger partial charge on any atom is -0.343 e. The zero-order chi connectivity index (χ0) is 8.97. The summed E-state index contributed by atoms with van der Waals surface area (Å²) in [6.07, 6.45) is 1.49. The van der Waals surface area contributed by atoms with Gasteiger partial charge < -0.3 is 4.89 Å². The van der Waals surface area contributed by atoms with E-state index in [1.165, 1.54) is 6.08 Å². The van der Waals surface area contributed by atoms with E-state index in [1.54, 1.807) is 0 Å². The number of hydrogen-bond donors (Lipinski definition) is 1. The van der Waals surface area contributed by atoms with Crippen LogP contribution in [0.15, 0.2) is 35.1 Å². The first-order valence-electron chi connectivity index (χ1n) is 3.35. The van der Waals surface area contributed by atoms with Crippen molar-refractivity contribution >= 4 is 25.7 Å². The van der Waals surface area contributed by atoms with E-state index in [9.17, 15) is 4.57 Å². The predicted octanol–water partition coefficient (Wildman–Crippen LogP) is 2.69. The molecule has 0 fully saturated rings. The predicted molar refractivity (Wildman–Crippen MR) is 51.5 cm³/mol.